The molecule has 1 heterocycles. The van der Waals surface area contributed by atoms with Crippen molar-refractivity contribution < 1.29 is 4.39 Å². The SMILES string of the molecule is CCNC(c1c(C)cc(C)cc1F)c1nccn1C. The lowest BCUT2D eigenvalue weighted by molar-refractivity contribution is 0.529. The van der Waals surface area contributed by atoms with Crippen LogP contribution in [0.1, 0.15) is 35.5 Å². The van der Waals surface area contributed by atoms with Gasteiger partial charge in [0.15, 0.2) is 0 Å². The van der Waals surface area contributed by atoms with Crippen molar-refractivity contribution in [2.45, 2.75) is 26.8 Å². The molecule has 3 nitrogen and oxygen atoms in total. The second-order valence-electron chi connectivity index (χ2n) is 4.86. The maximum absolute atomic E-state index is 14.3. The van der Waals surface area contributed by atoms with Gasteiger partial charge < -0.3 is 9.88 Å². The first-order valence-electron chi connectivity index (χ1n) is 6.51. The number of nitrogens with one attached hydrogen (secondary N) is 1. The minimum Gasteiger partial charge on any atom is -0.336 e. The van der Waals surface area contributed by atoms with Gasteiger partial charge in [0.1, 0.15) is 11.6 Å². The van der Waals surface area contributed by atoms with E-state index in [1.165, 1.54) is 0 Å². The molecule has 1 aromatic carbocycles. The van der Waals surface area contributed by atoms with Crippen molar-refractivity contribution in [3.63, 3.8) is 0 Å². The molecule has 0 saturated heterocycles. The van der Waals surface area contributed by atoms with E-state index in [4.69, 9.17) is 0 Å². The maximum Gasteiger partial charge on any atom is 0.130 e. The van der Waals surface area contributed by atoms with Crippen LogP contribution in [0.4, 0.5) is 4.39 Å². The minimum absolute atomic E-state index is 0.175. The summed E-state index contributed by atoms with van der Waals surface area (Å²) in [5, 5.41) is 3.32. The molecule has 102 valence electrons. The van der Waals surface area contributed by atoms with E-state index in [-0.39, 0.29) is 11.9 Å². The first-order chi connectivity index (χ1) is 9.04. The highest BCUT2D eigenvalue weighted by atomic mass is 19.1. The number of imidazole rings is 1. The van der Waals surface area contributed by atoms with Crippen LogP contribution in [0.2, 0.25) is 0 Å². The second kappa shape index (κ2) is 5.53. The van der Waals surface area contributed by atoms with Crippen molar-refractivity contribution in [3.8, 4) is 0 Å². The Balaban J connectivity index is 2.54. The number of halogens is 1. The minimum atomic E-state index is -0.217. The topological polar surface area (TPSA) is 29.9 Å². The van der Waals surface area contributed by atoms with Crippen LogP contribution in [0, 0.1) is 19.7 Å². The Hall–Kier alpha value is -1.68. The Labute approximate surface area is 113 Å². The Bertz CT molecular complexity index is 552. The molecule has 0 radical (unpaired) electrons. The fourth-order valence-electron chi connectivity index (χ4n) is 2.47. The highest BCUT2D eigenvalue weighted by Crippen LogP contribution is 2.27. The van der Waals surface area contributed by atoms with Crippen molar-refractivity contribution in [2.24, 2.45) is 7.05 Å². The highest BCUT2D eigenvalue weighted by molar-refractivity contribution is 5.37. The summed E-state index contributed by atoms with van der Waals surface area (Å²) in [5.74, 6) is 0.652. The number of aryl methyl sites for hydroxylation is 3. The van der Waals surface area contributed by atoms with E-state index >= 15 is 0 Å². The lowest BCUT2D eigenvalue weighted by Crippen LogP contribution is -2.26. The Morgan fingerprint density at radius 2 is 2.11 bits per heavy atom. The highest BCUT2D eigenvalue weighted by Gasteiger charge is 2.22. The van der Waals surface area contributed by atoms with Crippen LogP contribution in [0.15, 0.2) is 24.5 Å². The van der Waals surface area contributed by atoms with Gasteiger partial charge >= 0.3 is 0 Å². The third-order valence-corrected chi connectivity index (χ3v) is 3.29. The number of hydrogen-bond donors (Lipinski definition) is 1. The quantitative estimate of drug-likeness (QED) is 0.917. The Kier molecular flexibility index (Phi) is 4.00. The average Bonchev–Trinajstić information content (AvgIpc) is 2.73. The number of nitrogens with zero attached hydrogens (tertiary/aromatic N) is 2. The normalized spacial score (nSPS) is 12.7. The lowest BCUT2D eigenvalue weighted by atomic mass is 9.97. The molecule has 0 aliphatic carbocycles. The van der Waals surface area contributed by atoms with Gasteiger partial charge in [-0.25, -0.2) is 9.37 Å². The zero-order valence-corrected chi connectivity index (χ0v) is 11.9. The molecule has 1 aromatic heterocycles. The van der Waals surface area contributed by atoms with Crippen LogP contribution in [-0.2, 0) is 7.05 Å². The largest absolute Gasteiger partial charge is 0.336 e. The summed E-state index contributed by atoms with van der Waals surface area (Å²) in [6.45, 7) is 6.61. The van der Waals surface area contributed by atoms with Crippen LogP contribution in [0.5, 0.6) is 0 Å². The van der Waals surface area contributed by atoms with Gasteiger partial charge in [0.25, 0.3) is 0 Å². The van der Waals surface area contributed by atoms with Gasteiger partial charge in [-0.3, -0.25) is 0 Å². The first-order valence-corrected chi connectivity index (χ1v) is 6.51. The third kappa shape index (κ3) is 2.68. The summed E-state index contributed by atoms with van der Waals surface area (Å²) in [5.41, 5.74) is 2.57. The Morgan fingerprint density at radius 1 is 1.37 bits per heavy atom. The summed E-state index contributed by atoms with van der Waals surface area (Å²) in [6.07, 6.45) is 3.61. The molecule has 19 heavy (non-hydrogen) atoms. The summed E-state index contributed by atoms with van der Waals surface area (Å²) >= 11 is 0. The van der Waals surface area contributed by atoms with E-state index in [1.54, 1.807) is 12.3 Å². The molecule has 0 bridgehead atoms. The predicted molar refractivity (Wildman–Crippen MR) is 74.6 cm³/mol. The van der Waals surface area contributed by atoms with E-state index in [0.29, 0.717) is 5.56 Å². The van der Waals surface area contributed by atoms with Crippen molar-refractivity contribution in [3.05, 3.63) is 52.9 Å². The molecule has 0 aliphatic heterocycles. The lowest BCUT2D eigenvalue weighted by Gasteiger charge is -2.21. The zero-order valence-electron chi connectivity index (χ0n) is 11.9. The summed E-state index contributed by atoms with van der Waals surface area (Å²) in [7, 11) is 1.92. The maximum atomic E-state index is 14.3. The van der Waals surface area contributed by atoms with E-state index in [0.717, 1.165) is 23.5 Å². The third-order valence-electron chi connectivity index (χ3n) is 3.29. The standard InChI is InChI=1S/C15H20FN3/c1-5-17-14(15-18-6-7-19(15)4)13-11(3)8-10(2)9-12(13)16/h6-9,14,17H,5H2,1-4H3. The molecular weight excluding hydrogens is 241 g/mol. The van der Waals surface area contributed by atoms with E-state index in [9.17, 15) is 4.39 Å². The zero-order chi connectivity index (χ0) is 14.0. The van der Waals surface area contributed by atoms with Gasteiger partial charge in [-0.05, 0) is 37.6 Å². The van der Waals surface area contributed by atoms with Crippen LogP contribution in [-0.4, -0.2) is 16.1 Å². The van der Waals surface area contributed by atoms with Crippen LogP contribution < -0.4 is 5.32 Å². The first kappa shape index (κ1) is 13.7. The monoisotopic (exact) mass is 261 g/mol. The summed E-state index contributed by atoms with van der Waals surface area (Å²) < 4.78 is 16.3. The fourth-order valence-corrected chi connectivity index (χ4v) is 2.47. The van der Waals surface area contributed by atoms with Crippen molar-refractivity contribution >= 4 is 0 Å². The number of rotatable bonds is 4. The van der Waals surface area contributed by atoms with Gasteiger partial charge in [-0.2, -0.15) is 0 Å². The van der Waals surface area contributed by atoms with E-state index in [2.05, 4.69) is 10.3 Å². The summed E-state index contributed by atoms with van der Waals surface area (Å²) in [6, 6.07) is 3.37. The van der Waals surface area contributed by atoms with Crippen molar-refractivity contribution in [2.75, 3.05) is 6.54 Å². The number of hydrogen-bond acceptors (Lipinski definition) is 2. The molecule has 2 rings (SSSR count). The van der Waals surface area contributed by atoms with Crippen molar-refractivity contribution in [1.82, 2.24) is 14.9 Å². The molecule has 1 unspecified atom stereocenters. The van der Waals surface area contributed by atoms with Crippen LogP contribution >= 0.6 is 0 Å². The predicted octanol–water partition coefficient (Wildman–Crippen LogP) is 2.87. The van der Waals surface area contributed by atoms with E-state index < -0.39 is 0 Å². The fraction of sp³-hybridized carbons (Fsp3) is 0.400. The molecule has 0 fully saturated rings. The average molecular weight is 261 g/mol. The Morgan fingerprint density at radius 3 is 2.63 bits per heavy atom. The van der Waals surface area contributed by atoms with Gasteiger partial charge in [0.2, 0.25) is 0 Å². The van der Waals surface area contributed by atoms with Gasteiger partial charge in [-0.1, -0.05) is 13.0 Å². The van der Waals surface area contributed by atoms with E-state index in [1.807, 2.05) is 44.6 Å². The molecule has 0 spiro atoms. The van der Waals surface area contributed by atoms with Gasteiger partial charge in [0.05, 0.1) is 6.04 Å². The number of aromatic nitrogens is 2. The number of benzene rings is 1. The molecular formula is C15H20FN3. The molecule has 0 aliphatic rings. The molecule has 0 amide bonds. The van der Waals surface area contributed by atoms with Crippen molar-refractivity contribution in [1.29, 1.82) is 0 Å². The smallest absolute Gasteiger partial charge is 0.130 e. The van der Waals surface area contributed by atoms with Gasteiger partial charge in [-0.15, -0.1) is 0 Å². The molecule has 2 aromatic rings. The van der Waals surface area contributed by atoms with Gasteiger partial charge in [0, 0.05) is 25.0 Å². The molecule has 1 atom stereocenters. The summed E-state index contributed by atoms with van der Waals surface area (Å²) in [4.78, 5) is 4.35. The van der Waals surface area contributed by atoms with Crippen LogP contribution in [0.25, 0.3) is 0 Å². The second-order valence-corrected chi connectivity index (χ2v) is 4.86. The molecule has 0 saturated carbocycles. The van der Waals surface area contributed by atoms with Crippen LogP contribution in [0.3, 0.4) is 0 Å². The molecule has 4 heteroatoms. The molecule has 1 N–H and O–H groups in total.